The summed E-state index contributed by atoms with van der Waals surface area (Å²) in [5, 5.41) is 27.2. The number of carbonyl (C=O) groups excluding carboxylic acids is 2. The third kappa shape index (κ3) is 3.46. The molecule has 0 radical (unpaired) electrons. The quantitative estimate of drug-likeness (QED) is 0.482. The fourth-order valence-electron chi connectivity index (χ4n) is 3.77. The van der Waals surface area contributed by atoms with Crippen molar-refractivity contribution in [1.82, 2.24) is 10.3 Å². The first-order chi connectivity index (χ1) is 13.3. The molecular weight excluding hydrogens is 370 g/mol. The molecule has 0 bridgehead atoms. The van der Waals surface area contributed by atoms with E-state index in [1.807, 2.05) is 0 Å². The van der Waals surface area contributed by atoms with E-state index in [0.29, 0.717) is 11.4 Å². The van der Waals surface area contributed by atoms with Gasteiger partial charge in [0.25, 0.3) is 5.91 Å². The Balaban J connectivity index is 2.06. The normalized spacial score (nSPS) is 27.5. The maximum atomic E-state index is 13.9. The standard InChI is InChI=1S/C17H23N5O6/c1-28-13-4-2-3-12(7-13)21(17(18)26)14-5-6-15(23)20-10-19-8-11(16(24)25)9-22(14,20)27/h2-4,7,11,14,19H,5-6,8-10H2,1H3,(H2,18,26)(H,24,25)/t11-,14?,22?/m0/s1. The van der Waals surface area contributed by atoms with Crippen LogP contribution in [0, 0.1) is 11.1 Å². The molecule has 28 heavy (non-hydrogen) atoms. The predicted molar refractivity (Wildman–Crippen MR) is 97.4 cm³/mol. The molecule has 2 fully saturated rings. The van der Waals surface area contributed by atoms with E-state index >= 15 is 0 Å². The number of hydrogen-bond donors (Lipinski definition) is 3. The maximum absolute atomic E-state index is 13.9. The van der Waals surface area contributed by atoms with Gasteiger partial charge in [-0.2, -0.15) is 5.01 Å². The largest absolute Gasteiger partial charge is 0.604 e. The molecule has 1 aromatic rings. The summed E-state index contributed by atoms with van der Waals surface area (Å²) < 4.78 is 3.89. The number of ether oxygens (including phenoxy) is 1. The Kier molecular flexibility index (Phi) is 5.40. The van der Waals surface area contributed by atoms with Crippen LogP contribution in [0.25, 0.3) is 0 Å². The van der Waals surface area contributed by atoms with Crippen LogP contribution in [0.3, 0.4) is 0 Å². The zero-order valence-electron chi connectivity index (χ0n) is 15.4. The molecule has 11 nitrogen and oxygen atoms in total. The van der Waals surface area contributed by atoms with Gasteiger partial charge >= 0.3 is 12.0 Å². The molecule has 2 aliphatic rings. The number of nitrogens with two attached hydrogens (primary N) is 1. The topological polar surface area (TPSA) is 148 Å². The van der Waals surface area contributed by atoms with Crippen molar-refractivity contribution in [3.8, 4) is 5.75 Å². The second-order valence-electron chi connectivity index (χ2n) is 6.81. The van der Waals surface area contributed by atoms with Crippen LogP contribution in [0.4, 0.5) is 10.5 Å². The lowest BCUT2D eigenvalue weighted by atomic mass is 10.1. The van der Waals surface area contributed by atoms with Crippen molar-refractivity contribution in [3.05, 3.63) is 29.5 Å². The summed E-state index contributed by atoms with van der Waals surface area (Å²) in [6.07, 6.45) is -0.977. The minimum absolute atomic E-state index is 0.0417. The van der Waals surface area contributed by atoms with E-state index < -0.39 is 41.3 Å². The number of rotatable bonds is 4. The Morgan fingerprint density at radius 3 is 2.86 bits per heavy atom. The zero-order valence-corrected chi connectivity index (χ0v) is 15.4. The number of fused-ring (bicyclic) bond motifs is 1. The van der Waals surface area contributed by atoms with Crippen LogP contribution in [0.1, 0.15) is 12.8 Å². The van der Waals surface area contributed by atoms with Gasteiger partial charge in [-0.3, -0.25) is 14.9 Å². The SMILES string of the molecule is COc1cccc(N(C(N)=O)C2CCC(=O)N3CNC[C@H](C(=O)O)C[N+]23[O-])c1. The molecule has 4 N–H and O–H groups in total. The molecule has 2 heterocycles. The summed E-state index contributed by atoms with van der Waals surface area (Å²) >= 11 is 0. The maximum Gasteiger partial charge on any atom is 0.323 e. The second kappa shape index (κ2) is 7.62. The van der Waals surface area contributed by atoms with E-state index in [2.05, 4.69) is 5.32 Å². The van der Waals surface area contributed by atoms with Gasteiger partial charge < -0.3 is 20.8 Å². The fraction of sp³-hybridized carbons (Fsp3) is 0.471. The highest BCUT2D eigenvalue weighted by Crippen LogP contribution is 2.35. The number of carbonyl (C=O) groups is 3. The van der Waals surface area contributed by atoms with Crippen LogP contribution in [-0.4, -0.2) is 65.8 Å². The number of quaternary nitrogens is 1. The number of nitrogens with zero attached hydrogens (tertiary/aromatic N) is 3. The fourth-order valence-corrected chi connectivity index (χ4v) is 3.77. The first kappa shape index (κ1) is 19.9. The molecule has 3 rings (SSSR count). The van der Waals surface area contributed by atoms with Crippen LogP contribution >= 0.6 is 0 Å². The third-order valence-electron chi connectivity index (χ3n) is 5.13. The van der Waals surface area contributed by atoms with E-state index in [9.17, 15) is 24.7 Å². The lowest BCUT2D eigenvalue weighted by Crippen LogP contribution is -2.73. The molecule has 11 heteroatoms. The summed E-state index contributed by atoms with van der Waals surface area (Å²) in [6, 6.07) is 5.62. The summed E-state index contributed by atoms with van der Waals surface area (Å²) in [5.41, 5.74) is 5.94. The number of primary amides is 1. The van der Waals surface area contributed by atoms with E-state index in [-0.39, 0.29) is 26.1 Å². The lowest BCUT2D eigenvalue weighted by Gasteiger charge is -2.57. The van der Waals surface area contributed by atoms with Crippen molar-refractivity contribution < 1.29 is 29.0 Å². The number of carboxylic acids is 1. The van der Waals surface area contributed by atoms with Gasteiger partial charge in [0.1, 0.15) is 24.9 Å². The summed E-state index contributed by atoms with van der Waals surface area (Å²) in [6.45, 7) is -0.455. The minimum Gasteiger partial charge on any atom is -0.604 e. The van der Waals surface area contributed by atoms with Gasteiger partial charge in [-0.25, -0.2) is 14.4 Å². The highest BCUT2D eigenvalue weighted by molar-refractivity contribution is 5.91. The average molecular weight is 393 g/mol. The number of hydroxylamine groups is 2. The Hall–Kier alpha value is -2.89. The number of amides is 3. The van der Waals surface area contributed by atoms with Gasteiger partial charge in [0.15, 0.2) is 6.17 Å². The molecule has 3 amide bonds. The Labute approximate surface area is 161 Å². The molecule has 2 unspecified atom stereocenters. The Morgan fingerprint density at radius 2 is 2.21 bits per heavy atom. The predicted octanol–water partition coefficient (Wildman–Crippen LogP) is 0.0199. The molecule has 0 spiro atoms. The Bertz CT molecular complexity index is 789. The highest BCUT2D eigenvalue weighted by atomic mass is 16.6. The van der Waals surface area contributed by atoms with E-state index in [1.54, 1.807) is 24.3 Å². The minimum atomic E-state index is -1.29. The van der Waals surface area contributed by atoms with Crippen molar-refractivity contribution >= 4 is 23.6 Å². The molecule has 0 aromatic heterocycles. The van der Waals surface area contributed by atoms with Crippen LogP contribution < -0.4 is 20.7 Å². The molecule has 152 valence electrons. The number of hydrogen-bond acceptors (Lipinski definition) is 6. The number of aliphatic carboxylic acids is 1. The number of nitrogens with one attached hydrogen (secondary N) is 1. The van der Waals surface area contributed by atoms with Crippen LogP contribution in [-0.2, 0) is 9.59 Å². The van der Waals surface area contributed by atoms with Crippen molar-refractivity contribution in [2.24, 2.45) is 11.7 Å². The van der Waals surface area contributed by atoms with E-state index in [1.165, 1.54) is 7.11 Å². The third-order valence-corrected chi connectivity index (χ3v) is 5.13. The average Bonchev–Trinajstić information content (AvgIpc) is 2.84. The van der Waals surface area contributed by atoms with Gasteiger partial charge in [0.05, 0.1) is 12.8 Å². The molecular formula is C17H23N5O6. The first-order valence-electron chi connectivity index (χ1n) is 8.83. The zero-order chi connectivity index (χ0) is 20.5. The van der Waals surface area contributed by atoms with Gasteiger partial charge in [-0.15, -0.1) is 0 Å². The monoisotopic (exact) mass is 393 g/mol. The van der Waals surface area contributed by atoms with Gasteiger partial charge in [-0.1, -0.05) is 6.07 Å². The van der Waals surface area contributed by atoms with Crippen molar-refractivity contribution in [2.75, 3.05) is 31.8 Å². The lowest BCUT2D eigenvalue weighted by molar-refractivity contribution is -1.00. The highest BCUT2D eigenvalue weighted by Gasteiger charge is 2.51. The number of urea groups is 1. The van der Waals surface area contributed by atoms with E-state index in [0.717, 1.165) is 9.91 Å². The van der Waals surface area contributed by atoms with Gasteiger partial charge in [0, 0.05) is 25.5 Å². The first-order valence-corrected chi connectivity index (χ1v) is 8.83. The van der Waals surface area contributed by atoms with E-state index in [4.69, 9.17) is 10.5 Å². The smallest absolute Gasteiger partial charge is 0.323 e. The van der Waals surface area contributed by atoms with Crippen LogP contribution in [0.15, 0.2) is 24.3 Å². The summed E-state index contributed by atoms with van der Waals surface area (Å²) in [7, 11) is 1.47. The molecule has 0 saturated carbocycles. The molecule has 3 atom stereocenters. The number of methoxy groups -OCH3 is 1. The molecule has 0 aliphatic carbocycles. The van der Waals surface area contributed by atoms with Crippen LogP contribution in [0.5, 0.6) is 5.75 Å². The van der Waals surface area contributed by atoms with Crippen molar-refractivity contribution in [1.29, 1.82) is 0 Å². The molecule has 1 aromatic carbocycles. The Morgan fingerprint density at radius 1 is 1.46 bits per heavy atom. The van der Waals surface area contributed by atoms with Crippen molar-refractivity contribution in [2.45, 2.75) is 19.0 Å². The number of carboxylic acid groups (broad SMARTS) is 1. The summed E-state index contributed by atoms with van der Waals surface area (Å²) in [5.74, 6) is -2.10. The number of anilines is 1. The van der Waals surface area contributed by atoms with Gasteiger partial charge in [-0.05, 0) is 12.1 Å². The van der Waals surface area contributed by atoms with Gasteiger partial charge in [0.2, 0.25) is 0 Å². The van der Waals surface area contributed by atoms with Crippen molar-refractivity contribution in [3.63, 3.8) is 0 Å². The molecule has 2 saturated heterocycles. The summed E-state index contributed by atoms with van der Waals surface area (Å²) in [4.78, 5) is 37.4. The second-order valence-corrected chi connectivity index (χ2v) is 6.81. The number of benzene rings is 1. The molecule has 2 aliphatic heterocycles. The van der Waals surface area contributed by atoms with Crippen LogP contribution in [0.2, 0.25) is 0 Å².